The summed E-state index contributed by atoms with van der Waals surface area (Å²) in [5.41, 5.74) is 4.49. The number of hydrogen-bond donors (Lipinski definition) is 1. The number of H-pyrrole nitrogens is 1. The van der Waals surface area contributed by atoms with E-state index < -0.39 is 0 Å². The van der Waals surface area contributed by atoms with Crippen molar-refractivity contribution in [2.75, 3.05) is 7.11 Å². The van der Waals surface area contributed by atoms with Crippen LogP contribution < -0.4 is 0 Å². The lowest BCUT2D eigenvalue weighted by Gasteiger charge is -2.08. The average molecular weight is 292 g/mol. The summed E-state index contributed by atoms with van der Waals surface area (Å²) in [6.07, 6.45) is 3.67. The Morgan fingerprint density at radius 2 is 2.09 bits per heavy atom. The number of nitrogens with zero attached hydrogens (tertiary/aromatic N) is 1. The zero-order valence-electron chi connectivity index (χ0n) is 12.3. The summed E-state index contributed by atoms with van der Waals surface area (Å²) in [6.45, 7) is 4.20. The molecule has 1 N–H and O–H groups in total. The molecule has 0 atom stereocenters. The summed E-state index contributed by atoms with van der Waals surface area (Å²) in [5.74, 6) is -0.285. The molecule has 4 nitrogen and oxygen atoms in total. The summed E-state index contributed by atoms with van der Waals surface area (Å²) in [5, 5.41) is 1.04. The van der Waals surface area contributed by atoms with Crippen molar-refractivity contribution in [1.82, 2.24) is 9.97 Å². The molecule has 0 spiro atoms. The summed E-state index contributed by atoms with van der Waals surface area (Å²) >= 11 is 0. The number of hydrogen-bond acceptors (Lipinski definition) is 3. The topological polar surface area (TPSA) is 55.0 Å². The number of rotatable bonds is 4. The fraction of sp³-hybridized carbons (Fsp3) is 0.111. The van der Waals surface area contributed by atoms with Gasteiger partial charge in [-0.25, -0.2) is 0 Å². The minimum atomic E-state index is -0.285. The molecule has 0 radical (unpaired) electrons. The van der Waals surface area contributed by atoms with Crippen LogP contribution in [-0.2, 0) is 16.0 Å². The van der Waals surface area contributed by atoms with Crippen molar-refractivity contribution >= 4 is 22.4 Å². The maximum absolute atomic E-state index is 11.7. The Hall–Kier alpha value is -2.88. The van der Waals surface area contributed by atoms with Gasteiger partial charge in [0.15, 0.2) is 0 Å². The summed E-state index contributed by atoms with van der Waals surface area (Å²) in [4.78, 5) is 19.1. The van der Waals surface area contributed by atoms with E-state index in [0.717, 1.165) is 33.3 Å². The second kappa shape index (κ2) is 5.85. The molecule has 2 aromatic heterocycles. The number of nitrogens with one attached hydrogen (secondary N) is 1. The molecule has 2 heterocycles. The van der Waals surface area contributed by atoms with Crippen molar-refractivity contribution < 1.29 is 9.53 Å². The molecule has 3 aromatic rings. The number of aromatic amines is 1. The van der Waals surface area contributed by atoms with E-state index in [9.17, 15) is 4.79 Å². The van der Waals surface area contributed by atoms with Crippen LogP contribution >= 0.6 is 0 Å². The van der Waals surface area contributed by atoms with Crippen LogP contribution in [-0.4, -0.2) is 23.0 Å². The van der Waals surface area contributed by atoms with Crippen molar-refractivity contribution in [2.45, 2.75) is 6.42 Å². The van der Waals surface area contributed by atoms with Crippen LogP contribution in [0.5, 0.6) is 0 Å². The lowest BCUT2D eigenvalue weighted by Crippen LogP contribution is -2.06. The number of benzene rings is 1. The minimum Gasteiger partial charge on any atom is -0.469 e. The number of para-hydroxylation sites is 1. The molecule has 0 aliphatic heterocycles. The average Bonchev–Trinajstić information content (AvgIpc) is 2.92. The first-order valence-electron chi connectivity index (χ1n) is 6.96. The van der Waals surface area contributed by atoms with E-state index in [1.54, 1.807) is 12.4 Å². The van der Waals surface area contributed by atoms with Gasteiger partial charge in [-0.2, -0.15) is 0 Å². The Labute approximate surface area is 128 Å². The van der Waals surface area contributed by atoms with Crippen molar-refractivity contribution in [3.05, 3.63) is 72.2 Å². The second-order valence-electron chi connectivity index (χ2n) is 5.00. The van der Waals surface area contributed by atoms with Gasteiger partial charge in [0, 0.05) is 40.1 Å². The molecule has 110 valence electrons. The number of esters is 1. The summed E-state index contributed by atoms with van der Waals surface area (Å²) in [6, 6.07) is 11.8. The van der Waals surface area contributed by atoms with Gasteiger partial charge < -0.3 is 9.72 Å². The monoisotopic (exact) mass is 292 g/mol. The Morgan fingerprint density at radius 1 is 1.27 bits per heavy atom. The molecule has 0 bridgehead atoms. The van der Waals surface area contributed by atoms with Crippen LogP contribution in [0.15, 0.2) is 55.4 Å². The van der Waals surface area contributed by atoms with Gasteiger partial charge >= 0.3 is 5.97 Å². The molecule has 0 saturated carbocycles. The SMILES string of the molecule is C=C(c1cccnc1)c1c(CC(=O)OC)[nH]c2ccccc12. The lowest BCUT2D eigenvalue weighted by atomic mass is 9.97. The largest absolute Gasteiger partial charge is 0.469 e. The predicted molar refractivity (Wildman–Crippen MR) is 86.4 cm³/mol. The van der Waals surface area contributed by atoms with Crippen molar-refractivity contribution in [3.63, 3.8) is 0 Å². The van der Waals surface area contributed by atoms with Crippen LogP contribution in [0.25, 0.3) is 16.5 Å². The fourth-order valence-electron chi connectivity index (χ4n) is 2.58. The lowest BCUT2D eigenvalue weighted by molar-refractivity contribution is -0.139. The molecule has 4 heteroatoms. The first-order valence-corrected chi connectivity index (χ1v) is 6.96. The normalized spacial score (nSPS) is 10.6. The first kappa shape index (κ1) is 14.1. The van der Waals surface area contributed by atoms with Crippen LogP contribution in [0, 0.1) is 0 Å². The van der Waals surface area contributed by atoms with Crippen LogP contribution in [0.3, 0.4) is 0 Å². The fourth-order valence-corrected chi connectivity index (χ4v) is 2.58. The van der Waals surface area contributed by atoms with Gasteiger partial charge in [-0.15, -0.1) is 0 Å². The van der Waals surface area contributed by atoms with Crippen molar-refractivity contribution in [1.29, 1.82) is 0 Å². The number of methoxy groups -OCH3 is 1. The molecule has 22 heavy (non-hydrogen) atoms. The maximum Gasteiger partial charge on any atom is 0.311 e. The van der Waals surface area contributed by atoms with Gasteiger partial charge in [0.1, 0.15) is 0 Å². The van der Waals surface area contributed by atoms with Crippen LogP contribution in [0.4, 0.5) is 0 Å². The van der Waals surface area contributed by atoms with Crippen LogP contribution in [0.2, 0.25) is 0 Å². The Bertz CT molecular complexity index is 835. The molecule has 0 saturated heterocycles. The number of ether oxygens (including phenoxy) is 1. The number of pyridine rings is 1. The molecule has 0 aliphatic rings. The van der Waals surface area contributed by atoms with Gasteiger partial charge in [0.2, 0.25) is 0 Å². The van der Waals surface area contributed by atoms with Gasteiger partial charge in [-0.05, 0) is 17.7 Å². The van der Waals surface area contributed by atoms with Crippen molar-refractivity contribution in [2.24, 2.45) is 0 Å². The smallest absolute Gasteiger partial charge is 0.311 e. The maximum atomic E-state index is 11.7. The van der Waals surface area contributed by atoms with Gasteiger partial charge in [0.05, 0.1) is 13.5 Å². The van der Waals surface area contributed by atoms with Gasteiger partial charge in [-0.1, -0.05) is 30.8 Å². The highest BCUT2D eigenvalue weighted by molar-refractivity contribution is 5.98. The third-order valence-electron chi connectivity index (χ3n) is 3.64. The minimum absolute atomic E-state index is 0.180. The number of fused-ring (bicyclic) bond motifs is 1. The van der Waals surface area contributed by atoms with E-state index >= 15 is 0 Å². The molecule has 0 amide bonds. The van der Waals surface area contributed by atoms with E-state index in [4.69, 9.17) is 4.74 Å². The van der Waals surface area contributed by atoms with E-state index in [0.29, 0.717) is 0 Å². The highest BCUT2D eigenvalue weighted by Gasteiger charge is 2.17. The summed E-state index contributed by atoms with van der Waals surface area (Å²) in [7, 11) is 1.39. The molecule has 3 rings (SSSR count). The number of carbonyl (C=O) groups excluding carboxylic acids is 1. The number of aromatic nitrogens is 2. The van der Waals surface area contributed by atoms with Gasteiger partial charge in [-0.3, -0.25) is 9.78 Å². The first-order chi connectivity index (χ1) is 10.7. The predicted octanol–water partition coefficient (Wildman–Crippen LogP) is 3.34. The van der Waals surface area contributed by atoms with E-state index in [2.05, 4.69) is 16.5 Å². The molecule has 0 aliphatic carbocycles. The molecular weight excluding hydrogens is 276 g/mol. The highest BCUT2D eigenvalue weighted by Crippen LogP contribution is 2.32. The Balaban J connectivity index is 2.15. The zero-order valence-corrected chi connectivity index (χ0v) is 12.3. The zero-order chi connectivity index (χ0) is 15.5. The molecular formula is C18H16N2O2. The molecule has 0 fully saturated rings. The van der Waals surface area contributed by atoms with Gasteiger partial charge in [0.25, 0.3) is 0 Å². The molecule has 0 unspecified atom stereocenters. The highest BCUT2D eigenvalue weighted by atomic mass is 16.5. The number of carbonyl (C=O) groups is 1. The second-order valence-corrected chi connectivity index (χ2v) is 5.00. The third-order valence-corrected chi connectivity index (χ3v) is 3.64. The Kier molecular flexibility index (Phi) is 3.74. The van der Waals surface area contributed by atoms with Crippen molar-refractivity contribution in [3.8, 4) is 0 Å². The molecule has 1 aromatic carbocycles. The Morgan fingerprint density at radius 3 is 2.82 bits per heavy atom. The summed E-state index contributed by atoms with van der Waals surface area (Å²) < 4.78 is 4.79. The van der Waals surface area contributed by atoms with E-state index in [1.165, 1.54) is 7.11 Å². The van der Waals surface area contributed by atoms with E-state index in [1.807, 2.05) is 36.4 Å². The third kappa shape index (κ3) is 2.51. The van der Waals surface area contributed by atoms with E-state index in [-0.39, 0.29) is 12.4 Å². The standard InChI is InChI=1S/C18H16N2O2/c1-12(13-6-5-9-19-11-13)18-14-7-3-4-8-15(14)20-16(18)10-17(21)22-2/h3-9,11,20H,1,10H2,2H3. The quantitative estimate of drug-likeness (QED) is 0.750. The van der Waals surface area contributed by atoms with Crippen LogP contribution in [0.1, 0.15) is 16.8 Å².